The van der Waals surface area contributed by atoms with Gasteiger partial charge in [-0.1, -0.05) is 0 Å². The van der Waals surface area contributed by atoms with Gasteiger partial charge in [0.05, 0.1) is 20.6 Å². The predicted molar refractivity (Wildman–Crippen MR) is 102 cm³/mol. The van der Waals surface area contributed by atoms with Crippen LogP contribution in [0.15, 0.2) is 42.5 Å². The summed E-state index contributed by atoms with van der Waals surface area (Å²) < 4.78 is 23.6. The van der Waals surface area contributed by atoms with Crippen molar-refractivity contribution in [2.75, 3.05) is 40.4 Å². The standard InChI is InChI=1S/C21H23FN2O4/c1-27-18-7-8-19(28-2)16(13-18)14-20(25)23-9-11-24(12-10-23)21(26)15-3-5-17(22)6-4-15/h3-8,13H,9-12,14H2,1-2H3. The van der Waals surface area contributed by atoms with Gasteiger partial charge in [-0.05, 0) is 42.5 Å². The molecule has 0 N–H and O–H groups in total. The van der Waals surface area contributed by atoms with Gasteiger partial charge in [0.1, 0.15) is 17.3 Å². The molecule has 3 rings (SSSR count). The van der Waals surface area contributed by atoms with E-state index in [9.17, 15) is 14.0 Å². The lowest BCUT2D eigenvalue weighted by Crippen LogP contribution is -2.51. The summed E-state index contributed by atoms with van der Waals surface area (Å²) in [4.78, 5) is 28.6. The van der Waals surface area contributed by atoms with Gasteiger partial charge in [0.2, 0.25) is 5.91 Å². The molecule has 7 heteroatoms. The number of piperazine rings is 1. The van der Waals surface area contributed by atoms with Crippen molar-refractivity contribution < 1.29 is 23.5 Å². The molecular formula is C21H23FN2O4. The minimum absolute atomic E-state index is 0.0274. The number of carbonyl (C=O) groups excluding carboxylic acids is 2. The third kappa shape index (κ3) is 4.42. The van der Waals surface area contributed by atoms with Crippen molar-refractivity contribution in [2.24, 2.45) is 0 Å². The predicted octanol–water partition coefficient (Wildman–Crippen LogP) is 2.37. The molecule has 0 atom stereocenters. The van der Waals surface area contributed by atoms with Gasteiger partial charge in [-0.2, -0.15) is 0 Å². The summed E-state index contributed by atoms with van der Waals surface area (Å²) in [6, 6.07) is 10.9. The molecule has 2 aromatic rings. The Morgan fingerprint density at radius 1 is 0.929 bits per heavy atom. The van der Waals surface area contributed by atoms with Crippen molar-refractivity contribution in [3.63, 3.8) is 0 Å². The largest absolute Gasteiger partial charge is 0.497 e. The first kappa shape index (κ1) is 19.7. The first-order chi connectivity index (χ1) is 13.5. The Balaban J connectivity index is 1.59. The zero-order valence-electron chi connectivity index (χ0n) is 16.0. The van der Waals surface area contributed by atoms with Crippen LogP contribution in [0.3, 0.4) is 0 Å². The fourth-order valence-electron chi connectivity index (χ4n) is 3.23. The Labute approximate surface area is 163 Å². The highest BCUT2D eigenvalue weighted by Crippen LogP contribution is 2.25. The third-order valence-corrected chi connectivity index (χ3v) is 4.84. The van der Waals surface area contributed by atoms with E-state index in [1.807, 2.05) is 0 Å². The Kier molecular flexibility index (Phi) is 6.13. The number of benzene rings is 2. The van der Waals surface area contributed by atoms with Crippen molar-refractivity contribution in [2.45, 2.75) is 6.42 Å². The van der Waals surface area contributed by atoms with Gasteiger partial charge in [-0.15, -0.1) is 0 Å². The molecule has 1 aliphatic rings. The molecule has 1 heterocycles. The summed E-state index contributed by atoms with van der Waals surface area (Å²) in [5, 5.41) is 0. The van der Waals surface area contributed by atoms with Gasteiger partial charge in [-0.3, -0.25) is 9.59 Å². The average molecular weight is 386 g/mol. The van der Waals surface area contributed by atoms with E-state index in [1.54, 1.807) is 42.2 Å². The molecule has 28 heavy (non-hydrogen) atoms. The van der Waals surface area contributed by atoms with Crippen LogP contribution < -0.4 is 9.47 Å². The lowest BCUT2D eigenvalue weighted by Gasteiger charge is -2.35. The van der Waals surface area contributed by atoms with Crippen LogP contribution in [0.5, 0.6) is 11.5 Å². The van der Waals surface area contributed by atoms with Gasteiger partial charge in [0.25, 0.3) is 5.91 Å². The van der Waals surface area contributed by atoms with Crippen LogP contribution in [0.2, 0.25) is 0 Å². The number of halogens is 1. The highest BCUT2D eigenvalue weighted by atomic mass is 19.1. The number of ether oxygens (including phenoxy) is 2. The summed E-state index contributed by atoms with van der Waals surface area (Å²) >= 11 is 0. The molecule has 2 aromatic carbocycles. The molecule has 0 unspecified atom stereocenters. The van der Waals surface area contributed by atoms with Gasteiger partial charge in [-0.25, -0.2) is 4.39 Å². The summed E-state index contributed by atoms with van der Waals surface area (Å²) in [7, 11) is 3.14. The Hall–Kier alpha value is -3.09. The molecule has 0 aromatic heterocycles. The molecular weight excluding hydrogens is 363 g/mol. The van der Waals surface area contributed by atoms with Gasteiger partial charge < -0.3 is 19.3 Å². The first-order valence-electron chi connectivity index (χ1n) is 9.05. The highest BCUT2D eigenvalue weighted by Gasteiger charge is 2.25. The number of methoxy groups -OCH3 is 2. The summed E-state index contributed by atoms with van der Waals surface area (Å²) in [5.41, 5.74) is 1.21. The Morgan fingerprint density at radius 3 is 2.18 bits per heavy atom. The Bertz CT molecular complexity index is 846. The number of rotatable bonds is 5. The molecule has 0 radical (unpaired) electrons. The van der Waals surface area contributed by atoms with Crippen LogP contribution in [0.25, 0.3) is 0 Å². The summed E-state index contributed by atoms with van der Waals surface area (Å²) in [6.07, 6.45) is 0.201. The van der Waals surface area contributed by atoms with Crippen LogP contribution in [0, 0.1) is 5.82 Å². The summed E-state index contributed by atoms with van der Waals surface area (Å²) in [5.74, 6) is 0.750. The number of nitrogens with zero attached hydrogens (tertiary/aromatic N) is 2. The molecule has 148 valence electrons. The highest BCUT2D eigenvalue weighted by molar-refractivity contribution is 5.94. The average Bonchev–Trinajstić information content (AvgIpc) is 2.73. The van der Waals surface area contributed by atoms with E-state index in [-0.39, 0.29) is 24.1 Å². The van der Waals surface area contributed by atoms with Crippen LogP contribution in [-0.4, -0.2) is 62.0 Å². The maximum absolute atomic E-state index is 13.0. The lowest BCUT2D eigenvalue weighted by molar-refractivity contribution is -0.131. The van der Waals surface area contributed by atoms with Crippen molar-refractivity contribution >= 4 is 11.8 Å². The number of hydrogen-bond acceptors (Lipinski definition) is 4. The molecule has 0 bridgehead atoms. The quantitative estimate of drug-likeness (QED) is 0.792. The molecule has 1 saturated heterocycles. The third-order valence-electron chi connectivity index (χ3n) is 4.84. The zero-order chi connectivity index (χ0) is 20.1. The van der Waals surface area contributed by atoms with E-state index >= 15 is 0 Å². The second-order valence-corrected chi connectivity index (χ2v) is 6.53. The molecule has 1 aliphatic heterocycles. The van der Waals surface area contributed by atoms with E-state index in [0.717, 1.165) is 5.56 Å². The number of carbonyl (C=O) groups is 2. The maximum atomic E-state index is 13.0. The van der Waals surface area contributed by atoms with Gasteiger partial charge in [0, 0.05) is 37.3 Å². The fraction of sp³-hybridized carbons (Fsp3) is 0.333. The minimum atomic E-state index is -0.375. The second kappa shape index (κ2) is 8.73. The number of amides is 2. The van der Waals surface area contributed by atoms with Crippen molar-refractivity contribution in [3.8, 4) is 11.5 Å². The van der Waals surface area contributed by atoms with E-state index in [1.165, 1.54) is 24.3 Å². The molecule has 0 spiro atoms. The summed E-state index contributed by atoms with van der Waals surface area (Å²) in [6.45, 7) is 1.80. The zero-order valence-corrected chi connectivity index (χ0v) is 16.0. The van der Waals surface area contributed by atoms with Crippen LogP contribution in [0.4, 0.5) is 4.39 Å². The second-order valence-electron chi connectivity index (χ2n) is 6.53. The smallest absolute Gasteiger partial charge is 0.253 e. The molecule has 2 amide bonds. The van der Waals surface area contributed by atoms with E-state index in [4.69, 9.17) is 9.47 Å². The normalized spacial score (nSPS) is 14.0. The topological polar surface area (TPSA) is 59.1 Å². The van der Waals surface area contributed by atoms with Gasteiger partial charge >= 0.3 is 0 Å². The molecule has 0 aliphatic carbocycles. The molecule has 1 fully saturated rings. The lowest BCUT2D eigenvalue weighted by atomic mass is 10.1. The van der Waals surface area contributed by atoms with Crippen LogP contribution in [-0.2, 0) is 11.2 Å². The Morgan fingerprint density at radius 2 is 1.57 bits per heavy atom. The van der Waals surface area contributed by atoms with E-state index < -0.39 is 0 Å². The van der Waals surface area contributed by atoms with Crippen molar-refractivity contribution in [1.82, 2.24) is 9.80 Å². The monoisotopic (exact) mass is 386 g/mol. The maximum Gasteiger partial charge on any atom is 0.253 e. The SMILES string of the molecule is COc1ccc(OC)c(CC(=O)N2CCN(C(=O)c3ccc(F)cc3)CC2)c1. The fourth-order valence-corrected chi connectivity index (χ4v) is 3.23. The molecule has 0 saturated carbocycles. The minimum Gasteiger partial charge on any atom is -0.497 e. The number of hydrogen-bond donors (Lipinski definition) is 0. The first-order valence-corrected chi connectivity index (χ1v) is 9.05. The van der Waals surface area contributed by atoms with Crippen LogP contribution >= 0.6 is 0 Å². The van der Waals surface area contributed by atoms with Crippen molar-refractivity contribution in [3.05, 3.63) is 59.4 Å². The van der Waals surface area contributed by atoms with E-state index in [2.05, 4.69) is 0 Å². The van der Waals surface area contributed by atoms with E-state index in [0.29, 0.717) is 43.2 Å². The van der Waals surface area contributed by atoms with Crippen molar-refractivity contribution in [1.29, 1.82) is 0 Å². The molecule has 6 nitrogen and oxygen atoms in total. The van der Waals surface area contributed by atoms with Crippen LogP contribution in [0.1, 0.15) is 15.9 Å². The van der Waals surface area contributed by atoms with Gasteiger partial charge in [0.15, 0.2) is 0 Å².